The van der Waals surface area contributed by atoms with Crippen LogP contribution < -0.4 is 14.8 Å². The number of nitrogens with zero attached hydrogens (tertiary/aromatic N) is 2. The van der Waals surface area contributed by atoms with Gasteiger partial charge < -0.3 is 19.6 Å². The van der Waals surface area contributed by atoms with Crippen LogP contribution in [0.25, 0.3) is 0 Å². The van der Waals surface area contributed by atoms with Crippen molar-refractivity contribution in [1.29, 1.82) is 0 Å². The molecule has 10 heteroatoms. The van der Waals surface area contributed by atoms with E-state index in [1.165, 1.54) is 21.3 Å². The monoisotopic (exact) mass is 397 g/mol. The topological polar surface area (TPSA) is 82.0 Å². The maximum absolute atomic E-state index is 13.2. The average molecular weight is 397 g/mol. The number of amides is 1. The normalized spacial score (nSPS) is 11.7. The van der Waals surface area contributed by atoms with Crippen LogP contribution in [0.3, 0.4) is 0 Å². The summed E-state index contributed by atoms with van der Waals surface area (Å²) in [5, 5.41) is 6.12. The zero-order valence-electron chi connectivity index (χ0n) is 15.3. The number of ether oxygens (including phenoxy) is 2. The van der Waals surface area contributed by atoms with Crippen LogP contribution in [0.2, 0.25) is 0 Å². The average Bonchev–Trinajstić information content (AvgIpc) is 2.69. The van der Waals surface area contributed by atoms with Gasteiger partial charge in [-0.3, -0.25) is 4.79 Å². The Kier molecular flexibility index (Phi) is 6.80. The van der Waals surface area contributed by atoms with Crippen LogP contribution in [0, 0.1) is 0 Å². The quantitative estimate of drug-likeness (QED) is 0.574. The van der Waals surface area contributed by atoms with Gasteiger partial charge in [-0.1, -0.05) is 29.4 Å². The Labute approximate surface area is 159 Å². The van der Waals surface area contributed by atoms with Gasteiger partial charge in [0, 0.05) is 18.7 Å². The number of halogens is 3. The highest BCUT2D eigenvalue weighted by atomic mass is 19.4. The van der Waals surface area contributed by atoms with E-state index in [1.807, 2.05) is 0 Å². The standard InChI is InChI=1S/C18H18F3N3O4/c1-22-16(25)15(24-27-3)12-7-5-4-6-11(12)10-28-17-13(18(19,20)21)8-9-14(23-17)26-2/h4-9H,10H2,1-3H3,(H,22,25)/b24-15-. The SMILES string of the molecule is CNC(=O)/C(=N\OC)c1ccccc1COc1nc(OC)ccc1C(F)(F)F. The second-order valence-electron chi connectivity index (χ2n) is 5.35. The van der Waals surface area contributed by atoms with Gasteiger partial charge in [-0.05, 0) is 11.6 Å². The molecular formula is C18H18F3N3O4. The number of oxime groups is 1. The molecule has 2 aromatic rings. The summed E-state index contributed by atoms with van der Waals surface area (Å²) < 4.78 is 49.9. The molecule has 0 atom stereocenters. The van der Waals surface area contributed by atoms with E-state index in [2.05, 4.69) is 15.5 Å². The molecule has 7 nitrogen and oxygen atoms in total. The van der Waals surface area contributed by atoms with Gasteiger partial charge in [-0.25, -0.2) is 0 Å². The van der Waals surface area contributed by atoms with Crippen molar-refractivity contribution in [2.24, 2.45) is 5.16 Å². The van der Waals surface area contributed by atoms with E-state index in [0.29, 0.717) is 11.1 Å². The fourth-order valence-electron chi connectivity index (χ4n) is 2.31. The molecule has 1 heterocycles. The van der Waals surface area contributed by atoms with Gasteiger partial charge in [0.1, 0.15) is 19.3 Å². The van der Waals surface area contributed by atoms with E-state index in [1.54, 1.807) is 24.3 Å². The van der Waals surface area contributed by atoms with E-state index in [9.17, 15) is 18.0 Å². The molecule has 0 fully saturated rings. The van der Waals surface area contributed by atoms with Crippen molar-refractivity contribution in [2.45, 2.75) is 12.8 Å². The first kappa shape index (κ1) is 21.0. The first-order valence-corrected chi connectivity index (χ1v) is 7.98. The molecule has 0 aliphatic heterocycles. The number of carbonyl (C=O) groups is 1. The molecule has 150 valence electrons. The molecular weight excluding hydrogens is 379 g/mol. The number of pyridine rings is 1. The predicted molar refractivity (Wildman–Crippen MR) is 94.2 cm³/mol. The zero-order valence-corrected chi connectivity index (χ0v) is 15.3. The lowest BCUT2D eigenvalue weighted by molar-refractivity contribution is -0.139. The molecule has 28 heavy (non-hydrogen) atoms. The third-order valence-electron chi connectivity index (χ3n) is 3.61. The van der Waals surface area contributed by atoms with Crippen LogP contribution in [-0.2, 0) is 22.4 Å². The predicted octanol–water partition coefficient (Wildman–Crippen LogP) is 2.78. The Morgan fingerprint density at radius 1 is 1.18 bits per heavy atom. The molecule has 2 rings (SSSR count). The van der Waals surface area contributed by atoms with Gasteiger partial charge >= 0.3 is 6.18 Å². The van der Waals surface area contributed by atoms with Gasteiger partial charge in [0.25, 0.3) is 5.91 Å². The minimum absolute atomic E-state index is 0.0247. The largest absolute Gasteiger partial charge is 0.481 e. The summed E-state index contributed by atoms with van der Waals surface area (Å²) in [5.41, 5.74) is -0.318. The summed E-state index contributed by atoms with van der Waals surface area (Å²) in [7, 11) is 3.98. The molecule has 0 radical (unpaired) electrons. The Balaban J connectivity index is 2.39. The second kappa shape index (κ2) is 9.07. The molecule has 1 amide bonds. The van der Waals surface area contributed by atoms with Crippen LogP contribution in [0.4, 0.5) is 13.2 Å². The summed E-state index contributed by atoms with van der Waals surface area (Å²) in [4.78, 5) is 20.5. The Bertz CT molecular complexity index is 869. The zero-order chi connectivity index (χ0) is 20.7. The first-order chi connectivity index (χ1) is 13.3. The lowest BCUT2D eigenvalue weighted by Crippen LogP contribution is -2.29. The van der Waals surface area contributed by atoms with Crippen LogP contribution in [0.1, 0.15) is 16.7 Å². The Morgan fingerprint density at radius 2 is 1.89 bits per heavy atom. The third-order valence-corrected chi connectivity index (χ3v) is 3.61. The molecule has 0 unspecified atom stereocenters. The Hall–Kier alpha value is -3.30. The van der Waals surface area contributed by atoms with Gasteiger partial charge in [-0.2, -0.15) is 18.2 Å². The Morgan fingerprint density at radius 3 is 2.50 bits per heavy atom. The highest BCUT2D eigenvalue weighted by Gasteiger charge is 2.35. The van der Waals surface area contributed by atoms with E-state index in [4.69, 9.17) is 14.3 Å². The highest BCUT2D eigenvalue weighted by molar-refractivity contribution is 6.45. The van der Waals surface area contributed by atoms with Crippen LogP contribution in [-0.4, -0.2) is 37.9 Å². The number of carbonyl (C=O) groups excluding carboxylic acids is 1. The van der Waals surface area contributed by atoms with Crippen molar-refractivity contribution >= 4 is 11.6 Å². The minimum Gasteiger partial charge on any atom is -0.481 e. The molecule has 0 saturated heterocycles. The molecule has 1 N–H and O–H groups in total. The molecule has 0 bridgehead atoms. The number of hydrogen-bond acceptors (Lipinski definition) is 6. The summed E-state index contributed by atoms with van der Waals surface area (Å²) in [6, 6.07) is 8.40. The lowest BCUT2D eigenvalue weighted by Gasteiger charge is -2.15. The molecule has 1 aromatic carbocycles. The summed E-state index contributed by atoms with van der Waals surface area (Å²) in [6.45, 7) is -0.293. The molecule has 0 aliphatic rings. The second-order valence-corrected chi connectivity index (χ2v) is 5.35. The fraction of sp³-hybridized carbons (Fsp3) is 0.278. The maximum Gasteiger partial charge on any atom is 0.421 e. The van der Waals surface area contributed by atoms with Crippen molar-refractivity contribution in [3.05, 3.63) is 53.1 Å². The molecule has 0 spiro atoms. The van der Waals surface area contributed by atoms with Crippen LogP contribution in [0.5, 0.6) is 11.8 Å². The van der Waals surface area contributed by atoms with Crippen molar-refractivity contribution in [1.82, 2.24) is 10.3 Å². The molecule has 1 aromatic heterocycles. The summed E-state index contributed by atoms with van der Waals surface area (Å²) >= 11 is 0. The number of likely N-dealkylation sites (N-methyl/N-ethyl adjacent to an activating group) is 1. The smallest absolute Gasteiger partial charge is 0.421 e. The van der Waals surface area contributed by atoms with E-state index >= 15 is 0 Å². The third kappa shape index (κ3) is 4.90. The molecule has 0 saturated carbocycles. The van der Waals surface area contributed by atoms with Gasteiger partial charge in [0.15, 0.2) is 5.71 Å². The van der Waals surface area contributed by atoms with E-state index < -0.39 is 23.5 Å². The lowest BCUT2D eigenvalue weighted by atomic mass is 10.0. The van der Waals surface area contributed by atoms with E-state index in [0.717, 1.165) is 12.1 Å². The summed E-state index contributed by atoms with van der Waals surface area (Å²) in [5.74, 6) is -1.18. The number of methoxy groups -OCH3 is 1. The first-order valence-electron chi connectivity index (χ1n) is 7.98. The van der Waals surface area contributed by atoms with Gasteiger partial charge in [0.2, 0.25) is 11.8 Å². The van der Waals surface area contributed by atoms with Crippen molar-refractivity contribution < 1.29 is 32.3 Å². The number of alkyl halides is 3. The maximum atomic E-state index is 13.2. The number of rotatable bonds is 7. The van der Waals surface area contributed by atoms with Crippen molar-refractivity contribution in [2.75, 3.05) is 21.3 Å². The number of nitrogens with one attached hydrogen (secondary N) is 1. The minimum atomic E-state index is -4.65. The van der Waals surface area contributed by atoms with Crippen LogP contribution in [0.15, 0.2) is 41.6 Å². The number of benzene rings is 1. The van der Waals surface area contributed by atoms with Crippen molar-refractivity contribution in [3.63, 3.8) is 0 Å². The number of hydrogen-bond donors (Lipinski definition) is 1. The number of aromatic nitrogens is 1. The van der Waals surface area contributed by atoms with Gasteiger partial charge in [-0.15, -0.1) is 0 Å². The van der Waals surface area contributed by atoms with E-state index in [-0.39, 0.29) is 18.2 Å². The summed E-state index contributed by atoms with van der Waals surface area (Å²) in [6.07, 6.45) is -4.65. The van der Waals surface area contributed by atoms with Gasteiger partial charge in [0.05, 0.1) is 7.11 Å². The van der Waals surface area contributed by atoms with Crippen molar-refractivity contribution in [3.8, 4) is 11.8 Å². The fourth-order valence-corrected chi connectivity index (χ4v) is 2.31. The highest BCUT2D eigenvalue weighted by Crippen LogP contribution is 2.36. The molecule has 0 aliphatic carbocycles. The van der Waals surface area contributed by atoms with Crippen LogP contribution >= 0.6 is 0 Å².